The Balaban J connectivity index is -0.0000000227. The van der Waals surface area contributed by atoms with Crippen LogP contribution in [0.4, 0.5) is 0 Å². The molecule has 2 aromatic rings. The first-order chi connectivity index (χ1) is 5.00. The van der Waals surface area contributed by atoms with Gasteiger partial charge < -0.3 is 49.6 Å². The predicted octanol–water partition coefficient (Wildman–Crippen LogP) is -3.46. The zero-order chi connectivity index (χ0) is 7.07. The largest absolute Gasteiger partial charge is 3.00 e. The molecule has 0 atom stereocenters. The van der Waals surface area contributed by atoms with Crippen molar-refractivity contribution in [3.63, 3.8) is 0 Å². The summed E-state index contributed by atoms with van der Waals surface area (Å²) >= 11 is 0. The van der Waals surface area contributed by atoms with Gasteiger partial charge in [0, 0.05) is 0 Å². The molecule has 0 unspecified atom stereocenters. The van der Waals surface area contributed by atoms with Gasteiger partial charge in [-0.25, -0.2) is 0 Å². The fraction of sp³-hybridized carbons (Fsp3) is 0. The van der Waals surface area contributed by atoms with E-state index in [2.05, 4.69) is 22.4 Å². The predicted molar refractivity (Wildman–Crippen MR) is 52.1 cm³/mol. The quantitative estimate of drug-likeness (QED) is 0.344. The summed E-state index contributed by atoms with van der Waals surface area (Å²) in [7, 11) is 0. The van der Waals surface area contributed by atoms with Crippen LogP contribution in [-0.2, 0) is 0 Å². The molecule has 2 aromatic heterocycles. The first-order valence-electron chi connectivity index (χ1n) is 2.99. The Labute approximate surface area is 179 Å². The van der Waals surface area contributed by atoms with Gasteiger partial charge in [-0.15, -0.1) is 12.4 Å². The molecule has 2 radical (unpaired) electrons. The Morgan fingerprint density at radius 2 is 1.00 bits per heavy atom. The molecule has 0 spiro atoms. The minimum Gasteiger partial charge on any atom is -1.00 e. The molecule has 86 valence electrons. The van der Waals surface area contributed by atoms with E-state index in [0.29, 0.717) is 0 Å². The molecule has 0 aromatic carbocycles. The summed E-state index contributed by atoms with van der Waals surface area (Å²) in [5.41, 5.74) is 0. The molecule has 16 heavy (non-hydrogen) atoms. The number of halogens is 2. The molecule has 0 aliphatic heterocycles. The number of rotatable bonds is 0. The molecule has 2 rings (SSSR count). The van der Waals surface area contributed by atoms with Crippen molar-refractivity contribution in [2.24, 2.45) is 0 Å². The Kier molecular flexibility index (Phi) is 68.1. The number of hydrogen-bond acceptors (Lipinski definition) is 0. The second kappa shape index (κ2) is 30.2. The van der Waals surface area contributed by atoms with Crippen molar-refractivity contribution in [3.05, 3.63) is 63.9 Å². The zero-order valence-electron chi connectivity index (χ0n) is 9.22. The van der Waals surface area contributed by atoms with Crippen molar-refractivity contribution in [3.8, 4) is 0 Å². The van der Waals surface area contributed by atoms with E-state index in [1.165, 1.54) is 0 Å². The van der Waals surface area contributed by atoms with Crippen LogP contribution in [0.5, 0.6) is 0 Å². The summed E-state index contributed by atoms with van der Waals surface area (Å²) in [4.78, 5) is 5.47. The second-order valence-electron chi connectivity index (χ2n) is 1.63. The van der Waals surface area contributed by atoms with Crippen LogP contribution in [0.25, 0.3) is 0 Å². The maximum Gasteiger partial charge on any atom is 3.00 e. The normalized spacial score (nSPS) is 5.00. The molecule has 0 saturated heterocycles. The molecular formula is C10H14Ce2Cl2N2. The minimum atomic E-state index is 0. The number of H-pyrrole nitrogens is 2. The average molecular weight is 513 g/mol. The number of aromatic amines is 2. The van der Waals surface area contributed by atoms with E-state index in [1.807, 2.05) is 36.7 Å². The van der Waals surface area contributed by atoms with E-state index in [0.717, 1.165) is 0 Å². The molecule has 0 fully saturated rings. The zero-order valence-corrected chi connectivity index (χ0v) is 17.0. The molecule has 0 saturated carbocycles. The first-order valence-corrected chi connectivity index (χ1v) is 2.99. The van der Waals surface area contributed by atoms with Crippen LogP contribution in [-0.4, -0.2) is 9.97 Å². The van der Waals surface area contributed by atoms with Crippen LogP contribution >= 0.6 is 0 Å². The van der Waals surface area contributed by atoms with Crippen LogP contribution < -0.4 is 24.8 Å². The van der Waals surface area contributed by atoms with E-state index >= 15 is 0 Å². The van der Waals surface area contributed by atoms with Gasteiger partial charge in [-0.1, -0.05) is 0 Å². The number of hydrogen-bond donors (Lipinski definition) is 2. The molecule has 0 aliphatic rings. The van der Waals surface area contributed by atoms with Crippen LogP contribution in [0.2, 0.25) is 0 Å². The first kappa shape index (κ1) is 36.1. The number of nitrogens with one attached hydrogen (secondary N) is 2. The van der Waals surface area contributed by atoms with Crippen LogP contribution in [0.3, 0.4) is 0 Å². The van der Waals surface area contributed by atoms with Crippen LogP contribution in [0.15, 0.2) is 36.7 Å². The fourth-order valence-electron chi connectivity index (χ4n) is 0.481. The van der Waals surface area contributed by atoms with E-state index < -0.39 is 0 Å². The summed E-state index contributed by atoms with van der Waals surface area (Å²) in [5, 5.41) is 0. The molecule has 0 aliphatic carbocycles. The van der Waals surface area contributed by atoms with Crippen molar-refractivity contribution in [2.45, 2.75) is 0 Å². The van der Waals surface area contributed by atoms with Gasteiger partial charge in [-0.2, -0.15) is 36.7 Å². The van der Waals surface area contributed by atoms with Crippen LogP contribution in [0, 0.1) is 111 Å². The van der Waals surface area contributed by atoms with Gasteiger partial charge in [0.2, 0.25) is 0 Å². The van der Waals surface area contributed by atoms with Crippen molar-refractivity contribution in [2.75, 3.05) is 0 Å². The van der Waals surface area contributed by atoms with Gasteiger partial charge in [0.1, 0.15) is 0 Å². The standard InChI is InChI=1S/2C4H4N.2CH3.2Ce.2ClH/c2*1-2-4-5-3-1;;;;;;/h2*1-3,5H;2*1H3;;;2*1H/q4*-1;2*+3;;/p-2. The third-order valence-electron chi connectivity index (χ3n) is 0.885. The number of aromatic nitrogens is 2. The Hall–Kier alpha value is 1.89. The summed E-state index contributed by atoms with van der Waals surface area (Å²) < 4.78 is 0. The Morgan fingerprint density at radius 3 is 1.06 bits per heavy atom. The van der Waals surface area contributed by atoms with Gasteiger partial charge >= 0.3 is 83.5 Å². The van der Waals surface area contributed by atoms with Gasteiger partial charge in [-0.05, 0) is 0 Å². The van der Waals surface area contributed by atoms with Crippen molar-refractivity contribution in [1.29, 1.82) is 0 Å². The summed E-state index contributed by atoms with van der Waals surface area (Å²) in [6.07, 6.45) is 9.11. The molecule has 0 amide bonds. The topological polar surface area (TPSA) is 31.6 Å². The van der Waals surface area contributed by atoms with Gasteiger partial charge in [0.05, 0.1) is 0 Å². The third kappa shape index (κ3) is 24.9. The summed E-state index contributed by atoms with van der Waals surface area (Å²) in [6.45, 7) is 0. The fourth-order valence-corrected chi connectivity index (χ4v) is 0.481. The molecule has 6 heteroatoms. The van der Waals surface area contributed by atoms with E-state index in [-0.39, 0.29) is 123 Å². The maximum atomic E-state index is 2.74. The van der Waals surface area contributed by atoms with Crippen LogP contribution in [0.1, 0.15) is 0 Å². The smallest absolute Gasteiger partial charge is 1.00 e. The molecule has 2 heterocycles. The van der Waals surface area contributed by atoms with Gasteiger partial charge in [-0.3, -0.25) is 0 Å². The molecular weight excluding hydrogens is 499 g/mol. The maximum absolute atomic E-state index is 2.74. The summed E-state index contributed by atoms with van der Waals surface area (Å²) in [5.74, 6) is 0. The van der Waals surface area contributed by atoms with Gasteiger partial charge in [0.25, 0.3) is 0 Å². The molecule has 2 N–H and O–H groups in total. The minimum absolute atomic E-state index is 0. The van der Waals surface area contributed by atoms with Crippen molar-refractivity contribution >= 4 is 0 Å². The SMILES string of the molecule is [CH3-].[CH3-].[Ce+3].[Ce+3].[Cl-].[Cl-].[c-]1ccc[nH]1.[c-]1ccc[nH]1. The second-order valence-corrected chi connectivity index (χ2v) is 1.63. The van der Waals surface area contributed by atoms with Crippen molar-refractivity contribution < 1.29 is 108 Å². The summed E-state index contributed by atoms with van der Waals surface area (Å²) in [6, 6.07) is 7.42. The van der Waals surface area contributed by atoms with Gasteiger partial charge in [0.15, 0.2) is 0 Å². The van der Waals surface area contributed by atoms with E-state index in [9.17, 15) is 0 Å². The van der Waals surface area contributed by atoms with E-state index in [1.54, 1.807) is 0 Å². The third-order valence-corrected chi connectivity index (χ3v) is 0.885. The Morgan fingerprint density at radius 1 is 0.688 bits per heavy atom. The Bertz CT molecular complexity index is 164. The average Bonchev–Trinajstić information content (AvgIpc) is 2.67. The monoisotopic (exact) mass is 512 g/mol. The molecule has 2 nitrogen and oxygen atoms in total. The molecule has 0 bridgehead atoms. The van der Waals surface area contributed by atoms with E-state index in [4.69, 9.17) is 0 Å². The van der Waals surface area contributed by atoms with Crippen molar-refractivity contribution in [1.82, 2.24) is 9.97 Å².